The minimum Gasteiger partial charge on any atom is -0.491 e. The number of ether oxygens (including phenoxy) is 4. The van der Waals surface area contributed by atoms with E-state index in [-0.39, 0.29) is 6.10 Å². The Balaban J connectivity index is 1.51. The molecule has 0 spiro atoms. The van der Waals surface area contributed by atoms with E-state index in [0.717, 1.165) is 17.2 Å². The molecule has 1 fully saturated rings. The molecule has 1 aliphatic heterocycles. The van der Waals surface area contributed by atoms with Crippen LogP contribution in [0.2, 0.25) is 0 Å². The average molecular weight is 300 g/mol. The van der Waals surface area contributed by atoms with Gasteiger partial charge in [-0.3, -0.25) is 0 Å². The molecule has 3 rings (SSSR count). The highest BCUT2D eigenvalue weighted by Crippen LogP contribution is 2.25. The van der Waals surface area contributed by atoms with Gasteiger partial charge in [0.15, 0.2) is 5.79 Å². The lowest BCUT2D eigenvalue weighted by Crippen LogP contribution is -2.25. The lowest BCUT2D eigenvalue weighted by molar-refractivity contribution is -0.141. The van der Waals surface area contributed by atoms with Crippen molar-refractivity contribution < 1.29 is 18.9 Å². The number of para-hydroxylation sites is 1. The summed E-state index contributed by atoms with van der Waals surface area (Å²) in [6.07, 6.45) is -0.0322. The molecule has 0 bridgehead atoms. The summed E-state index contributed by atoms with van der Waals surface area (Å²) in [4.78, 5) is 0. The number of hydrogen-bond donors (Lipinski definition) is 0. The fourth-order valence-electron chi connectivity index (χ4n) is 2.26. The molecule has 116 valence electrons. The Kier molecular flexibility index (Phi) is 4.32. The van der Waals surface area contributed by atoms with Crippen molar-refractivity contribution in [2.45, 2.75) is 25.7 Å². The van der Waals surface area contributed by atoms with Gasteiger partial charge in [0.05, 0.1) is 6.61 Å². The van der Waals surface area contributed by atoms with E-state index in [9.17, 15) is 0 Å². The van der Waals surface area contributed by atoms with Crippen LogP contribution in [0.5, 0.6) is 17.2 Å². The molecule has 0 aromatic heterocycles. The summed E-state index contributed by atoms with van der Waals surface area (Å²) >= 11 is 0. The van der Waals surface area contributed by atoms with Gasteiger partial charge in [-0.05, 0) is 50.2 Å². The maximum Gasteiger partial charge on any atom is 0.163 e. The van der Waals surface area contributed by atoms with E-state index in [0.29, 0.717) is 13.2 Å². The topological polar surface area (TPSA) is 36.9 Å². The Bertz CT molecular complexity index is 592. The molecule has 1 saturated heterocycles. The molecule has 4 nitrogen and oxygen atoms in total. The molecule has 0 radical (unpaired) electrons. The van der Waals surface area contributed by atoms with Crippen LogP contribution >= 0.6 is 0 Å². The van der Waals surface area contributed by atoms with Crippen molar-refractivity contribution in [3.05, 3.63) is 54.6 Å². The lowest BCUT2D eigenvalue weighted by Gasteiger charge is -2.17. The van der Waals surface area contributed by atoms with Crippen molar-refractivity contribution in [1.82, 2.24) is 0 Å². The summed E-state index contributed by atoms with van der Waals surface area (Å²) in [5.74, 6) is 1.87. The SMILES string of the molecule is CC1(C)OCC(COc2ccc(Oc3ccccc3)cc2)O1. The molecule has 4 heteroatoms. The van der Waals surface area contributed by atoms with Gasteiger partial charge >= 0.3 is 0 Å². The van der Waals surface area contributed by atoms with Crippen LogP contribution in [0.25, 0.3) is 0 Å². The highest BCUT2D eigenvalue weighted by atomic mass is 16.7. The predicted octanol–water partition coefficient (Wildman–Crippen LogP) is 4.01. The second-order valence-electron chi connectivity index (χ2n) is 5.65. The Morgan fingerprint density at radius 2 is 1.59 bits per heavy atom. The summed E-state index contributed by atoms with van der Waals surface area (Å²) in [5, 5.41) is 0. The van der Waals surface area contributed by atoms with E-state index in [1.54, 1.807) is 0 Å². The lowest BCUT2D eigenvalue weighted by atomic mass is 10.3. The molecular formula is C18H20O4. The monoisotopic (exact) mass is 300 g/mol. The highest BCUT2D eigenvalue weighted by Gasteiger charge is 2.32. The van der Waals surface area contributed by atoms with Gasteiger partial charge in [-0.2, -0.15) is 0 Å². The van der Waals surface area contributed by atoms with Crippen LogP contribution in [-0.4, -0.2) is 25.1 Å². The number of rotatable bonds is 5. The maximum absolute atomic E-state index is 5.74. The van der Waals surface area contributed by atoms with Gasteiger partial charge in [-0.1, -0.05) is 18.2 Å². The normalized spacial score (nSPS) is 19.8. The second kappa shape index (κ2) is 6.38. The minimum atomic E-state index is -0.512. The quantitative estimate of drug-likeness (QED) is 0.836. The van der Waals surface area contributed by atoms with Crippen molar-refractivity contribution in [3.63, 3.8) is 0 Å². The zero-order chi connectivity index (χ0) is 15.4. The van der Waals surface area contributed by atoms with E-state index < -0.39 is 5.79 Å². The first-order chi connectivity index (χ1) is 10.6. The third-order valence-corrected chi connectivity index (χ3v) is 3.31. The fourth-order valence-corrected chi connectivity index (χ4v) is 2.26. The van der Waals surface area contributed by atoms with Gasteiger partial charge in [-0.15, -0.1) is 0 Å². The first-order valence-corrected chi connectivity index (χ1v) is 7.38. The average Bonchev–Trinajstić information content (AvgIpc) is 2.87. The Morgan fingerprint density at radius 3 is 2.23 bits per heavy atom. The van der Waals surface area contributed by atoms with Gasteiger partial charge in [0, 0.05) is 0 Å². The van der Waals surface area contributed by atoms with Crippen molar-refractivity contribution in [2.75, 3.05) is 13.2 Å². The van der Waals surface area contributed by atoms with Gasteiger partial charge in [0.2, 0.25) is 0 Å². The molecule has 1 atom stereocenters. The largest absolute Gasteiger partial charge is 0.491 e. The third kappa shape index (κ3) is 4.00. The molecule has 1 aliphatic rings. The Labute approximate surface area is 130 Å². The molecule has 1 unspecified atom stereocenters. The summed E-state index contributed by atoms with van der Waals surface area (Å²) in [6, 6.07) is 17.2. The van der Waals surface area contributed by atoms with Crippen LogP contribution in [0.3, 0.4) is 0 Å². The molecular weight excluding hydrogens is 280 g/mol. The van der Waals surface area contributed by atoms with E-state index in [1.165, 1.54) is 0 Å². The van der Waals surface area contributed by atoms with Crippen molar-refractivity contribution in [3.8, 4) is 17.2 Å². The molecule has 0 aliphatic carbocycles. The molecule has 1 heterocycles. The van der Waals surface area contributed by atoms with Crippen LogP contribution in [-0.2, 0) is 9.47 Å². The van der Waals surface area contributed by atoms with E-state index in [2.05, 4.69) is 0 Å². The molecule has 22 heavy (non-hydrogen) atoms. The summed E-state index contributed by atoms with van der Waals surface area (Å²) in [5.41, 5.74) is 0. The summed E-state index contributed by atoms with van der Waals surface area (Å²) < 4.78 is 22.7. The van der Waals surface area contributed by atoms with E-state index in [1.807, 2.05) is 68.4 Å². The second-order valence-corrected chi connectivity index (χ2v) is 5.65. The van der Waals surface area contributed by atoms with E-state index >= 15 is 0 Å². The van der Waals surface area contributed by atoms with Crippen molar-refractivity contribution >= 4 is 0 Å². The molecule has 0 N–H and O–H groups in total. The van der Waals surface area contributed by atoms with Crippen molar-refractivity contribution in [2.24, 2.45) is 0 Å². The van der Waals surface area contributed by atoms with Crippen LogP contribution in [0.1, 0.15) is 13.8 Å². The Morgan fingerprint density at radius 1 is 0.955 bits per heavy atom. The van der Waals surface area contributed by atoms with Gasteiger partial charge in [0.25, 0.3) is 0 Å². The van der Waals surface area contributed by atoms with E-state index in [4.69, 9.17) is 18.9 Å². The predicted molar refractivity (Wildman–Crippen MR) is 83.4 cm³/mol. The van der Waals surface area contributed by atoms with Crippen LogP contribution < -0.4 is 9.47 Å². The molecule has 0 saturated carbocycles. The first kappa shape index (κ1) is 14.9. The highest BCUT2D eigenvalue weighted by molar-refractivity contribution is 5.35. The fraction of sp³-hybridized carbons (Fsp3) is 0.333. The minimum absolute atomic E-state index is 0.0322. The van der Waals surface area contributed by atoms with Crippen LogP contribution in [0, 0.1) is 0 Å². The molecule has 2 aromatic carbocycles. The Hall–Kier alpha value is -2.04. The zero-order valence-corrected chi connectivity index (χ0v) is 12.8. The summed E-state index contributed by atoms with van der Waals surface area (Å²) in [6.45, 7) is 4.84. The first-order valence-electron chi connectivity index (χ1n) is 7.38. The van der Waals surface area contributed by atoms with Crippen molar-refractivity contribution in [1.29, 1.82) is 0 Å². The molecule has 2 aromatic rings. The van der Waals surface area contributed by atoms with Gasteiger partial charge in [-0.25, -0.2) is 0 Å². The summed E-state index contributed by atoms with van der Waals surface area (Å²) in [7, 11) is 0. The smallest absolute Gasteiger partial charge is 0.163 e. The van der Waals surface area contributed by atoms with Gasteiger partial charge < -0.3 is 18.9 Å². The number of hydrogen-bond acceptors (Lipinski definition) is 4. The molecule has 0 amide bonds. The van der Waals surface area contributed by atoms with Crippen LogP contribution in [0.4, 0.5) is 0 Å². The zero-order valence-electron chi connectivity index (χ0n) is 12.8. The van der Waals surface area contributed by atoms with Crippen LogP contribution in [0.15, 0.2) is 54.6 Å². The number of benzene rings is 2. The van der Waals surface area contributed by atoms with Gasteiger partial charge in [0.1, 0.15) is 30.0 Å². The maximum atomic E-state index is 5.74. The standard InChI is InChI=1S/C18H20O4/c1-18(2)20-13-17(22-18)12-19-14-8-10-16(11-9-14)21-15-6-4-3-5-7-15/h3-11,17H,12-13H2,1-2H3. The third-order valence-electron chi connectivity index (χ3n) is 3.31.